The minimum atomic E-state index is -0.542. The molecule has 0 aromatic heterocycles. The van der Waals surface area contributed by atoms with Crippen molar-refractivity contribution in [2.75, 3.05) is 37.6 Å². The number of carbonyl (C=O) groups excluding carboxylic acids is 2. The third-order valence-corrected chi connectivity index (χ3v) is 5.00. The summed E-state index contributed by atoms with van der Waals surface area (Å²) in [5.74, 6) is -0.397. The minimum Gasteiger partial charge on any atom is -0.363 e. The number of rotatable bonds is 6. The summed E-state index contributed by atoms with van der Waals surface area (Å²) in [6, 6.07) is 13.5. The zero-order valence-corrected chi connectivity index (χ0v) is 17.0. The number of nitro groups is 1. The maximum Gasteiger partial charge on any atom is 0.321 e. The van der Waals surface area contributed by atoms with E-state index in [1.54, 1.807) is 12.1 Å². The van der Waals surface area contributed by atoms with Gasteiger partial charge in [-0.3, -0.25) is 25.1 Å². The molecule has 2 aromatic carbocycles. The largest absolute Gasteiger partial charge is 0.363 e. The quantitative estimate of drug-likeness (QED) is 0.537. The van der Waals surface area contributed by atoms with E-state index in [-0.39, 0.29) is 12.2 Å². The summed E-state index contributed by atoms with van der Waals surface area (Å²) in [6.07, 6.45) is 0. The van der Waals surface area contributed by atoms with Crippen LogP contribution in [0.15, 0.2) is 48.5 Å². The van der Waals surface area contributed by atoms with Crippen LogP contribution in [0.25, 0.3) is 0 Å². The van der Waals surface area contributed by atoms with Gasteiger partial charge in [-0.05, 0) is 17.7 Å². The molecule has 1 heterocycles. The summed E-state index contributed by atoms with van der Waals surface area (Å²) in [5, 5.41) is 16.6. The molecule has 1 fully saturated rings. The summed E-state index contributed by atoms with van der Waals surface area (Å²) < 4.78 is 0. The van der Waals surface area contributed by atoms with E-state index in [1.165, 1.54) is 6.07 Å². The van der Waals surface area contributed by atoms with Gasteiger partial charge in [0.25, 0.3) is 5.69 Å². The van der Waals surface area contributed by atoms with Gasteiger partial charge in [-0.2, -0.15) is 0 Å². The lowest BCUT2D eigenvalue weighted by Gasteiger charge is -2.35. The molecule has 2 N–H and O–H groups in total. The Kier molecular flexibility index (Phi) is 7.21. The van der Waals surface area contributed by atoms with Gasteiger partial charge in [-0.15, -0.1) is 0 Å². The maximum atomic E-state index is 12.1. The first kappa shape index (κ1) is 21.5. The van der Waals surface area contributed by atoms with Crippen LogP contribution in [0.4, 0.5) is 16.2 Å². The topological polar surface area (TPSA) is 108 Å². The number of hydrogen-bond donors (Lipinski definition) is 2. The van der Waals surface area contributed by atoms with Crippen molar-refractivity contribution in [3.8, 4) is 0 Å². The van der Waals surface area contributed by atoms with Gasteiger partial charge in [0.05, 0.1) is 11.5 Å². The first-order chi connectivity index (χ1) is 14.4. The Hall–Kier alpha value is -3.17. The minimum absolute atomic E-state index is 0.0382. The van der Waals surface area contributed by atoms with Gasteiger partial charge >= 0.3 is 6.03 Å². The first-order valence-electron chi connectivity index (χ1n) is 9.45. The van der Waals surface area contributed by atoms with Crippen molar-refractivity contribution in [2.45, 2.75) is 6.54 Å². The molecule has 0 saturated carbocycles. The van der Waals surface area contributed by atoms with Gasteiger partial charge in [-0.25, -0.2) is 4.79 Å². The number of halogens is 1. The van der Waals surface area contributed by atoms with Gasteiger partial charge in [-0.1, -0.05) is 41.9 Å². The van der Waals surface area contributed by atoms with Gasteiger partial charge < -0.3 is 10.2 Å². The van der Waals surface area contributed by atoms with Gasteiger partial charge in [0, 0.05) is 43.8 Å². The summed E-state index contributed by atoms with van der Waals surface area (Å²) in [4.78, 5) is 38.7. The smallest absolute Gasteiger partial charge is 0.321 e. The number of piperazine rings is 1. The fraction of sp³-hybridized carbons (Fsp3) is 0.300. The number of amides is 3. The fourth-order valence-electron chi connectivity index (χ4n) is 3.25. The van der Waals surface area contributed by atoms with E-state index < -0.39 is 16.9 Å². The second-order valence-corrected chi connectivity index (χ2v) is 7.31. The van der Waals surface area contributed by atoms with Crippen LogP contribution >= 0.6 is 11.6 Å². The zero-order valence-electron chi connectivity index (χ0n) is 16.2. The van der Waals surface area contributed by atoms with Crippen LogP contribution in [0.1, 0.15) is 5.56 Å². The van der Waals surface area contributed by atoms with Crippen molar-refractivity contribution in [3.63, 3.8) is 0 Å². The van der Waals surface area contributed by atoms with E-state index in [4.69, 9.17) is 11.6 Å². The lowest BCUT2D eigenvalue weighted by Crippen LogP contribution is -2.51. The molecule has 158 valence electrons. The molecule has 1 saturated heterocycles. The highest BCUT2D eigenvalue weighted by molar-refractivity contribution is 6.30. The molecule has 1 aliphatic heterocycles. The van der Waals surface area contributed by atoms with E-state index in [0.29, 0.717) is 43.4 Å². The summed E-state index contributed by atoms with van der Waals surface area (Å²) in [6.45, 7) is 2.54. The number of imide groups is 1. The Morgan fingerprint density at radius 2 is 1.77 bits per heavy atom. The number of benzene rings is 2. The summed E-state index contributed by atoms with van der Waals surface area (Å²) >= 11 is 5.87. The average molecular weight is 432 g/mol. The second kappa shape index (κ2) is 10.0. The monoisotopic (exact) mass is 431 g/mol. The van der Waals surface area contributed by atoms with Gasteiger partial charge in [0.15, 0.2) is 0 Å². The maximum absolute atomic E-state index is 12.1. The zero-order chi connectivity index (χ0) is 21.5. The highest BCUT2D eigenvalue weighted by atomic mass is 35.5. The number of nitrogens with one attached hydrogen (secondary N) is 2. The molecule has 2 aromatic rings. The predicted molar refractivity (Wildman–Crippen MR) is 114 cm³/mol. The molecular weight excluding hydrogens is 410 g/mol. The number of urea groups is 1. The molecule has 0 radical (unpaired) electrons. The Labute approximate surface area is 178 Å². The summed E-state index contributed by atoms with van der Waals surface area (Å²) in [5.41, 5.74) is 1.41. The van der Waals surface area contributed by atoms with E-state index in [1.807, 2.05) is 40.1 Å². The predicted octanol–water partition coefficient (Wildman–Crippen LogP) is 2.40. The molecule has 0 bridgehead atoms. The third kappa shape index (κ3) is 5.91. The molecule has 3 amide bonds. The molecule has 10 heteroatoms. The molecule has 3 rings (SSSR count). The van der Waals surface area contributed by atoms with Crippen LogP contribution in [0, 0.1) is 10.1 Å². The highest BCUT2D eigenvalue weighted by Gasteiger charge is 2.25. The molecule has 0 atom stereocenters. The van der Waals surface area contributed by atoms with Crippen molar-refractivity contribution >= 4 is 34.9 Å². The highest BCUT2D eigenvalue weighted by Crippen LogP contribution is 2.31. The van der Waals surface area contributed by atoms with Crippen LogP contribution < -0.4 is 15.5 Å². The number of nitrogens with zero attached hydrogens (tertiary/aromatic N) is 3. The van der Waals surface area contributed by atoms with Gasteiger partial charge in [0.2, 0.25) is 5.91 Å². The van der Waals surface area contributed by atoms with E-state index in [9.17, 15) is 19.7 Å². The Bertz CT molecular complexity index is 917. The number of carbonyl (C=O) groups is 2. The molecule has 30 heavy (non-hydrogen) atoms. The first-order valence-corrected chi connectivity index (χ1v) is 9.83. The molecule has 0 spiro atoms. The van der Waals surface area contributed by atoms with E-state index >= 15 is 0 Å². The van der Waals surface area contributed by atoms with Crippen LogP contribution in [0.5, 0.6) is 0 Å². The molecule has 9 nitrogen and oxygen atoms in total. The Morgan fingerprint density at radius 1 is 1.07 bits per heavy atom. The van der Waals surface area contributed by atoms with Crippen molar-refractivity contribution in [2.24, 2.45) is 0 Å². The van der Waals surface area contributed by atoms with Crippen LogP contribution in [-0.4, -0.2) is 54.5 Å². The Morgan fingerprint density at radius 3 is 2.43 bits per heavy atom. The van der Waals surface area contributed by atoms with Gasteiger partial charge in [0.1, 0.15) is 5.69 Å². The lowest BCUT2D eigenvalue weighted by atomic mass is 10.2. The molecule has 0 unspecified atom stereocenters. The van der Waals surface area contributed by atoms with Crippen molar-refractivity contribution < 1.29 is 14.5 Å². The fourth-order valence-corrected chi connectivity index (χ4v) is 3.42. The SMILES string of the molecule is O=C(CN1CCN(c2ccc(Cl)cc2[N+](=O)[O-])CC1)NC(=O)NCc1ccccc1. The molecular formula is C20H22ClN5O4. The van der Waals surface area contributed by atoms with E-state index in [2.05, 4.69) is 10.6 Å². The normalized spacial score (nSPS) is 14.2. The van der Waals surface area contributed by atoms with E-state index in [0.717, 1.165) is 5.56 Å². The van der Waals surface area contributed by atoms with Crippen LogP contribution in [0.3, 0.4) is 0 Å². The summed E-state index contributed by atoms with van der Waals surface area (Å²) in [7, 11) is 0. The Balaban J connectivity index is 1.45. The number of hydrogen-bond acceptors (Lipinski definition) is 6. The number of nitro benzene ring substituents is 1. The van der Waals surface area contributed by atoms with Crippen LogP contribution in [-0.2, 0) is 11.3 Å². The van der Waals surface area contributed by atoms with Crippen molar-refractivity contribution in [1.29, 1.82) is 0 Å². The average Bonchev–Trinajstić information content (AvgIpc) is 2.73. The standard InChI is InChI=1S/C20H22ClN5O4/c21-16-6-7-17(18(12-16)26(29)30)25-10-8-24(9-11-25)14-19(27)23-20(28)22-13-15-4-2-1-3-5-15/h1-7,12H,8-11,13-14H2,(H2,22,23,27,28). The molecule has 0 aliphatic carbocycles. The number of anilines is 1. The lowest BCUT2D eigenvalue weighted by molar-refractivity contribution is -0.384. The third-order valence-electron chi connectivity index (χ3n) is 4.76. The van der Waals surface area contributed by atoms with Crippen molar-refractivity contribution in [3.05, 3.63) is 69.2 Å². The van der Waals surface area contributed by atoms with Crippen LogP contribution in [0.2, 0.25) is 5.02 Å². The second-order valence-electron chi connectivity index (χ2n) is 6.87. The molecule has 1 aliphatic rings. The van der Waals surface area contributed by atoms with Crippen molar-refractivity contribution in [1.82, 2.24) is 15.5 Å².